The van der Waals surface area contributed by atoms with Crippen molar-refractivity contribution in [2.75, 3.05) is 39.5 Å². The van der Waals surface area contributed by atoms with E-state index in [9.17, 15) is 4.79 Å². The third-order valence-electron chi connectivity index (χ3n) is 5.48. The fourth-order valence-electron chi connectivity index (χ4n) is 3.70. The number of carbonyl (C=O) groups excluding carboxylic acids is 1. The van der Waals surface area contributed by atoms with Crippen molar-refractivity contribution in [1.29, 1.82) is 0 Å². The number of nitrogens with one attached hydrogen (secondary N) is 1. The maximum absolute atomic E-state index is 12.6. The molecule has 7 heteroatoms. The number of hydrogen-bond acceptors (Lipinski definition) is 5. The van der Waals surface area contributed by atoms with Gasteiger partial charge in [0.15, 0.2) is 11.5 Å². The minimum absolute atomic E-state index is 0.0740. The van der Waals surface area contributed by atoms with E-state index in [4.69, 9.17) is 21.1 Å². The highest BCUT2D eigenvalue weighted by Gasteiger charge is 2.22. The van der Waals surface area contributed by atoms with Crippen LogP contribution < -0.4 is 14.8 Å². The Morgan fingerprint density at radius 3 is 2.69 bits per heavy atom. The van der Waals surface area contributed by atoms with Crippen LogP contribution in [0.3, 0.4) is 0 Å². The fraction of sp³-hybridized carbons (Fsp3) is 0.409. The molecule has 2 heterocycles. The average Bonchev–Trinajstić information content (AvgIpc) is 3.20. The van der Waals surface area contributed by atoms with E-state index >= 15 is 0 Å². The van der Waals surface area contributed by atoms with Gasteiger partial charge in [-0.15, -0.1) is 0 Å². The van der Waals surface area contributed by atoms with Crippen LogP contribution in [0.4, 0.5) is 0 Å². The second kappa shape index (κ2) is 9.03. The van der Waals surface area contributed by atoms with Crippen molar-refractivity contribution in [3.63, 3.8) is 0 Å². The Bertz CT molecular complexity index is 868. The highest BCUT2D eigenvalue weighted by Crippen LogP contribution is 2.32. The van der Waals surface area contributed by atoms with Crippen LogP contribution in [0.15, 0.2) is 42.5 Å². The van der Waals surface area contributed by atoms with Gasteiger partial charge in [-0.05, 0) is 42.3 Å². The van der Waals surface area contributed by atoms with E-state index in [-0.39, 0.29) is 11.9 Å². The molecule has 0 spiro atoms. The molecule has 1 saturated heterocycles. The summed E-state index contributed by atoms with van der Waals surface area (Å²) in [7, 11) is 0. The quantitative estimate of drug-likeness (QED) is 0.785. The summed E-state index contributed by atoms with van der Waals surface area (Å²) < 4.78 is 10.8. The van der Waals surface area contributed by atoms with E-state index < -0.39 is 0 Å². The molecule has 1 atom stereocenters. The molecule has 1 amide bonds. The Labute approximate surface area is 176 Å². The topological polar surface area (TPSA) is 54.0 Å². The van der Waals surface area contributed by atoms with Crippen LogP contribution >= 0.6 is 11.6 Å². The van der Waals surface area contributed by atoms with Gasteiger partial charge in [-0.3, -0.25) is 9.69 Å². The molecule has 2 aromatic carbocycles. The van der Waals surface area contributed by atoms with Gasteiger partial charge in [0.25, 0.3) is 0 Å². The van der Waals surface area contributed by atoms with Gasteiger partial charge in [0.1, 0.15) is 0 Å². The number of fused-ring (bicyclic) bond motifs is 1. The Morgan fingerprint density at radius 1 is 1.10 bits per heavy atom. The van der Waals surface area contributed by atoms with E-state index in [2.05, 4.69) is 16.3 Å². The monoisotopic (exact) mass is 415 g/mol. The SMILES string of the molecule is C[C@@H](NCC(=O)N1CCN(Cc2ccc3c(c2)OCO3)CC1)c1cccc(Cl)c1. The molecule has 154 valence electrons. The van der Waals surface area contributed by atoms with Gasteiger partial charge in [-0.25, -0.2) is 0 Å². The first-order valence-electron chi connectivity index (χ1n) is 9.96. The molecule has 4 rings (SSSR count). The summed E-state index contributed by atoms with van der Waals surface area (Å²) in [5, 5.41) is 4.02. The van der Waals surface area contributed by atoms with Crippen molar-refractivity contribution >= 4 is 17.5 Å². The lowest BCUT2D eigenvalue weighted by molar-refractivity contribution is -0.132. The number of nitrogens with zero attached hydrogens (tertiary/aromatic N) is 2. The van der Waals surface area contributed by atoms with Gasteiger partial charge in [0.05, 0.1) is 6.54 Å². The maximum atomic E-state index is 12.6. The summed E-state index contributed by atoms with van der Waals surface area (Å²) in [5.74, 6) is 1.77. The second-order valence-corrected chi connectivity index (χ2v) is 7.94. The normalized spacial score (nSPS) is 17.4. The van der Waals surface area contributed by atoms with Gasteiger partial charge in [-0.1, -0.05) is 29.8 Å². The van der Waals surface area contributed by atoms with E-state index in [0.717, 1.165) is 49.8 Å². The summed E-state index contributed by atoms with van der Waals surface area (Å²) in [6, 6.07) is 13.9. The first-order chi connectivity index (χ1) is 14.1. The third-order valence-corrected chi connectivity index (χ3v) is 5.71. The number of halogens is 1. The molecule has 29 heavy (non-hydrogen) atoms. The van der Waals surface area contributed by atoms with E-state index in [0.29, 0.717) is 18.4 Å². The molecular weight excluding hydrogens is 390 g/mol. The Morgan fingerprint density at radius 2 is 1.90 bits per heavy atom. The summed E-state index contributed by atoms with van der Waals surface area (Å²) in [4.78, 5) is 16.9. The van der Waals surface area contributed by atoms with E-state index in [1.807, 2.05) is 48.2 Å². The van der Waals surface area contributed by atoms with Crippen molar-refractivity contribution in [2.24, 2.45) is 0 Å². The van der Waals surface area contributed by atoms with E-state index in [1.165, 1.54) is 5.56 Å². The Kier molecular flexibility index (Phi) is 6.23. The highest BCUT2D eigenvalue weighted by atomic mass is 35.5. The first kappa shape index (κ1) is 20.0. The van der Waals surface area contributed by atoms with Crippen LogP contribution in [0, 0.1) is 0 Å². The van der Waals surface area contributed by atoms with Gasteiger partial charge in [0, 0.05) is 43.8 Å². The molecule has 2 aromatic rings. The first-order valence-corrected chi connectivity index (χ1v) is 10.3. The molecule has 0 aliphatic carbocycles. The van der Waals surface area contributed by atoms with Crippen molar-refractivity contribution in [3.05, 3.63) is 58.6 Å². The number of hydrogen-bond donors (Lipinski definition) is 1. The van der Waals surface area contributed by atoms with Gasteiger partial charge >= 0.3 is 0 Å². The molecule has 1 N–H and O–H groups in total. The predicted octanol–water partition coefficient (Wildman–Crippen LogP) is 3.06. The largest absolute Gasteiger partial charge is 0.454 e. The highest BCUT2D eigenvalue weighted by molar-refractivity contribution is 6.30. The zero-order valence-electron chi connectivity index (χ0n) is 16.6. The number of carbonyl (C=O) groups is 1. The van der Waals surface area contributed by atoms with Crippen molar-refractivity contribution in [2.45, 2.75) is 19.5 Å². The summed E-state index contributed by atoms with van der Waals surface area (Å²) >= 11 is 6.05. The average molecular weight is 416 g/mol. The number of piperazine rings is 1. The summed E-state index contributed by atoms with van der Waals surface area (Å²) in [6.45, 7) is 6.74. The predicted molar refractivity (Wildman–Crippen MR) is 112 cm³/mol. The minimum atomic E-state index is 0.0740. The molecule has 2 aliphatic rings. The van der Waals surface area contributed by atoms with Crippen LogP contribution in [0.2, 0.25) is 5.02 Å². The number of amides is 1. The molecule has 1 fully saturated rings. The number of benzene rings is 2. The summed E-state index contributed by atoms with van der Waals surface area (Å²) in [5.41, 5.74) is 2.28. The lowest BCUT2D eigenvalue weighted by Gasteiger charge is -2.35. The summed E-state index contributed by atoms with van der Waals surface area (Å²) in [6.07, 6.45) is 0. The number of rotatable bonds is 6. The van der Waals surface area contributed by atoms with E-state index in [1.54, 1.807) is 0 Å². The second-order valence-electron chi connectivity index (χ2n) is 7.50. The van der Waals surface area contributed by atoms with Crippen LogP contribution in [0.25, 0.3) is 0 Å². The standard InChI is InChI=1S/C22H26ClN3O3/c1-16(18-3-2-4-19(23)12-18)24-13-22(27)26-9-7-25(8-10-26)14-17-5-6-20-21(11-17)29-15-28-20/h2-6,11-12,16,24H,7-10,13-15H2,1H3/t16-/m1/s1. The molecule has 6 nitrogen and oxygen atoms in total. The van der Waals surface area contributed by atoms with Crippen molar-refractivity contribution in [3.8, 4) is 11.5 Å². The molecule has 0 bridgehead atoms. The third kappa shape index (κ3) is 5.01. The molecule has 0 radical (unpaired) electrons. The molecule has 0 unspecified atom stereocenters. The van der Waals surface area contributed by atoms with Crippen LogP contribution in [0.1, 0.15) is 24.1 Å². The Hall–Kier alpha value is -2.28. The van der Waals surface area contributed by atoms with Crippen LogP contribution in [-0.4, -0.2) is 55.2 Å². The van der Waals surface area contributed by atoms with Crippen molar-refractivity contribution < 1.29 is 14.3 Å². The molecule has 2 aliphatic heterocycles. The molecular formula is C22H26ClN3O3. The van der Waals surface area contributed by atoms with Crippen LogP contribution in [-0.2, 0) is 11.3 Å². The van der Waals surface area contributed by atoms with Crippen LogP contribution in [0.5, 0.6) is 11.5 Å². The van der Waals surface area contributed by atoms with Gasteiger partial charge in [0.2, 0.25) is 12.7 Å². The fourth-order valence-corrected chi connectivity index (χ4v) is 3.90. The number of ether oxygens (including phenoxy) is 2. The Balaban J connectivity index is 1.22. The zero-order valence-corrected chi connectivity index (χ0v) is 17.3. The lowest BCUT2D eigenvalue weighted by Crippen LogP contribution is -2.50. The lowest BCUT2D eigenvalue weighted by atomic mass is 10.1. The van der Waals surface area contributed by atoms with Gasteiger partial charge in [-0.2, -0.15) is 0 Å². The minimum Gasteiger partial charge on any atom is -0.454 e. The zero-order chi connectivity index (χ0) is 20.2. The maximum Gasteiger partial charge on any atom is 0.236 e. The molecule has 0 aromatic heterocycles. The van der Waals surface area contributed by atoms with Gasteiger partial charge < -0.3 is 19.7 Å². The molecule has 0 saturated carbocycles. The smallest absolute Gasteiger partial charge is 0.236 e. The van der Waals surface area contributed by atoms with Crippen molar-refractivity contribution in [1.82, 2.24) is 15.1 Å².